The maximum atomic E-state index is 11.3. The average molecular weight is 265 g/mol. The van der Waals surface area contributed by atoms with Gasteiger partial charge in [-0.2, -0.15) is 5.10 Å². The molecule has 0 amide bonds. The Kier molecular flexibility index (Phi) is 3.80. The predicted octanol–water partition coefficient (Wildman–Crippen LogP) is 1.75. The summed E-state index contributed by atoms with van der Waals surface area (Å²) in [5.41, 5.74) is 0.455. The molecule has 0 spiro atoms. The van der Waals surface area contributed by atoms with Crippen LogP contribution in [0.25, 0.3) is 0 Å². The quantitative estimate of drug-likeness (QED) is 0.781. The van der Waals surface area contributed by atoms with E-state index in [1.165, 1.54) is 7.11 Å². The van der Waals surface area contributed by atoms with E-state index in [0.717, 1.165) is 0 Å². The van der Waals surface area contributed by atoms with E-state index < -0.39 is 0 Å². The van der Waals surface area contributed by atoms with Gasteiger partial charge in [-0.3, -0.25) is 0 Å². The standard InChI is InChI=1S/C7H9BrN2O2S/c1-12-7(11)6-5(8)3-9-10(6)4-13-2/h3H,4H2,1-2H3. The second kappa shape index (κ2) is 4.66. The minimum atomic E-state index is -0.376. The maximum absolute atomic E-state index is 11.3. The molecule has 0 aliphatic heterocycles. The van der Waals surface area contributed by atoms with Gasteiger partial charge in [-0.05, 0) is 22.2 Å². The Balaban J connectivity index is 3.01. The normalized spacial score (nSPS) is 10.1. The summed E-state index contributed by atoms with van der Waals surface area (Å²) in [5, 5.41) is 4.02. The van der Waals surface area contributed by atoms with Gasteiger partial charge in [0.25, 0.3) is 0 Å². The van der Waals surface area contributed by atoms with Crippen LogP contribution < -0.4 is 0 Å². The summed E-state index contributed by atoms with van der Waals surface area (Å²) in [5.74, 6) is 0.258. The molecule has 0 saturated heterocycles. The van der Waals surface area contributed by atoms with E-state index >= 15 is 0 Å². The third-order valence-electron chi connectivity index (χ3n) is 1.42. The van der Waals surface area contributed by atoms with Crippen molar-refractivity contribution in [1.29, 1.82) is 0 Å². The van der Waals surface area contributed by atoms with E-state index in [9.17, 15) is 4.79 Å². The van der Waals surface area contributed by atoms with Gasteiger partial charge in [-0.15, -0.1) is 11.8 Å². The molecule has 13 heavy (non-hydrogen) atoms. The van der Waals surface area contributed by atoms with Crippen molar-refractivity contribution in [2.75, 3.05) is 13.4 Å². The summed E-state index contributed by atoms with van der Waals surface area (Å²) < 4.78 is 6.88. The van der Waals surface area contributed by atoms with Crippen molar-refractivity contribution >= 4 is 33.7 Å². The molecule has 0 unspecified atom stereocenters. The second-order valence-electron chi connectivity index (χ2n) is 2.25. The highest BCUT2D eigenvalue weighted by atomic mass is 79.9. The third-order valence-corrected chi connectivity index (χ3v) is 2.51. The van der Waals surface area contributed by atoms with Gasteiger partial charge in [0.2, 0.25) is 0 Å². The van der Waals surface area contributed by atoms with E-state index in [-0.39, 0.29) is 5.97 Å². The Hall–Kier alpha value is -0.490. The van der Waals surface area contributed by atoms with Crippen LogP contribution in [-0.4, -0.2) is 29.1 Å². The molecule has 0 aliphatic rings. The third kappa shape index (κ3) is 2.25. The molecule has 72 valence electrons. The molecule has 1 aromatic heterocycles. The molecule has 0 bridgehead atoms. The van der Waals surface area contributed by atoms with E-state index in [2.05, 4.69) is 25.8 Å². The van der Waals surface area contributed by atoms with Gasteiger partial charge in [0, 0.05) is 0 Å². The minimum Gasteiger partial charge on any atom is -0.464 e. The number of carbonyl (C=O) groups excluding carboxylic acids is 1. The molecular formula is C7H9BrN2O2S. The Morgan fingerprint density at radius 2 is 2.54 bits per heavy atom. The van der Waals surface area contributed by atoms with Gasteiger partial charge in [-0.1, -0.05) is 0 Å². The highest BCUT2D eigenvalue weighted by Gasteiger charge is 2.16. The van der Waals surface area contributed by atoms with Crippen molar-refractivity contribution < 1.29 is 9.53 Å². The average Bonchev–Trinajstić information content (AvgIpc) is 2.47. The monoisotopic (exact) mass is 264 g/mol. The smallest absolute Gasteiger partial charge is 0.357 e. The predicted molar refractivity (Wildman–Crippen MR) is 54.8 cm³/mol. The molecule has 0 atom stereocenters. The van der Waals surface area contributed by atoms with Crippen molar-refractivity contribution in [3.63, 3.8) is 0 Å². The van der Waals surface area contributed by atoms with Crippen molar-refractivity contribution in [1.82, 2.24) is 9.78 Å². The number of hydrogen-bond donors (Lipinski definition) is 0. The molecule has 1 aromatic rings. The first-order valence-corrected chi connectivity index (χ1v) is 5.68. The Labute approximate surface area is 88.8 Å². The van der Waals surface area contributed by atoms with Crippen molar-refractivity contribution in [3.05, 3.63) is 16.4 Å². The number of ether oxygens (including phenoxy) is 1. The van der Waals surface area contributed by atoms with Crippen LogP contribution in [0.15, 0.2) is 10.7 Å². The minimum absolute atomic E-state index is 0.376. The van der Waals surface area contributed by atoms with Crippen LogP contribution in [0.5, 0.6) is 0 Å². The number of halogens is 1. The number of thioether (sulfide) groups is 1. The van der Waals surface area contributed by atoms with Gasteiger partial charge in [-0.25, -0.2) is 9.48 Å². The Morgan fingerprint density at radius 3 is 3.08 bits per heavy atom. The van der Waals surface area contributed by atoms with Gasteiger partial charge < -0.3 is 4.74 Å². The molecule has 0 saturated carbocycles. The number of nitrogens with zero attached hydrogens (tertiary/aromatic N) is 2. The first kappa shape index (κ1) is 10.6. The highest BCUT2D eigenvalue weighted by Crippen LogP contribution is 2.18. The van der Waals surface area contributed by atoms with E-state index in [1.54, 1.807) is 22.6 Å². The van der Waals surface area contributed by atoms with Crippen molar-refractivity contribution in [2.24, 2.45) is 0 Å². The lowest BCUT2D eigenvalue weighted by Gasteiger charge is -2.03. The fraction of sp³-hybridized carbons (Fsp3) is 0.429. The molecule has 1 rings (SSSR count). The number of hydrogen-bond acceptors (Lipinski definition) is 4. The van der Waals surface area contributed by atoms with E-state index in [1.807, 2.05) is 6.26 Å². The zero-order valence-corrected chi connectivity index (χ0v) is 9.68. The SMILES string of the molecule is COC(=O)c1c(Br)cnn1CSC. The lowest BCUT2D eigenvalue weighted by atomic mass is 10.4. The lowest BCUT2D eigenvalue weighted by molar-refractivity contribution is 0.0587. The van der Waals surface area contributed by atoms with Crippen LogP contribution in [0.3, 0.4) is 0 Å². The van der Waals surface area contributed by atoms with Crippen LogP contribution in [0.4, 0.5) is 0 Å². The summed E-state index contributed by atoms with van der Waals surface area (Å²) in [6, 6.07) is 0. The molecule has 6 heteroatoms. The summed E-state index contributed by atoms with van der Waals surface area (Å²) >= 11 is 4.82. The van der Waals surface area contributed by atoms with E-state index in [0.29, 0.717) is 16.0 Å². The molecule has 0 fully saturated rings. The summed E-state index contributed by atoms with van der Waals surface area (Å²) in [4.78, 5) is 11.3. The van der Waals surface area contributed by atoms with Gasteiger partial charge in [0.1, 0.15) is 0 Å². The number of rotatable bonds is 3. The number of carbonyl (C=O) groups is 1. The molecule has 0 aromatic carbocycles. The topological polar surface area (TPSA) is 44.1 Å². The largest absolute Gasteiger partial charge is 0.464 e. The van der Waals surface area contributed by atoms with Gasteiger partial charge >= 0.3 is 5.97 Å². The van der Waals surface area contributed by atoms with Crippen LogP contribution in [-0.2, 0) is 10.6 Å². The van der Waals surface area contributed by atoms with Gasteiger partial charge in [0.05, 0.1) is 23.7 Å². The molecule has 1 heterocycles. The number of esters is 1. The highest BCUT2D eigenvalue weighted by molar-refractivity contribution is 9.10. The fourth-order valence-electron chi connectivity index (χ4n) is 0.882. The zero-order chi connectivity index (χ0) is 9.84. The number of methoxy groups -OCH3 is 1. The lowest BCUT2D eigenvalue weighted by Crippen LogP contribution is -2.11. The summed E-state index contributed by atoms with van der Waals surface area (Å²) in [6.07, 6.45) is 3.53. The van der Waals surface area contributed by atoms with Crippen molar-refractivity contribution in [3.8, 4) is 0 Å². The van der Waals surface area contributed by atoms with Crippen LogP contribution in [0, 0.1) is 0 Å². The van der Waals surface area contributed by atoms with E-state index in [4.69, 9.17) is 0 Å². The molecular weight excluding hydrogens is 256 g/mol. The first-order valence-electron chi connectivity index (χ1n) is 3.49. The molecule has 0 aliphatic carbocycles. The van der Waals surface area contributed by atoms with Crippen molar-refractivity contribution in [2.45, 2.75) is 5.88 Å². The molecule has 4 nitrogen and oxygen atoms in total. The summed E-state index contributed by atoms with van der Waals surface area (Å²) in [7, 11) is 1.35. The second-order valence-corrected chi connectivity index (χ2v) is 3.94. The molecule has 0 N–H and O–H groups in total. The van der Waals surface area contributed by atoms with Gasteiger partial charge in [0.15, 0.2) is 5.69 Å². The van der Waals surface area contributed by atoms with Crippen LogP contribution in [0.2, 0.25) is 0 Å². The Morgan fingerprint density at radius 1 is 1.85 bits per heavy atom. The molecule has 0 radical (unpaired) electrons. The maximum Gasteiger partial charge on any atom is 0.357 e. The fourth-order valence-corrected chi connectivity index (χ4v) is 1.78. The zero-order valence-electron chi connectivity index (χ0n) is 7.28. The van der Waals surface area contributed by atoms with Crippen LogP contribution in [0.1, 0.15) is 10.5 Å². The van der Waals surface area contributed by atoms with Crippen LogP contribution >= 0.6 is 27.7 Å². The Bertz CT molecular complexity index is 313. The number of aromatic nitrogens is 2. The summed E-state index contributed by atoms with van der Waals surface area (Å²) in [6.45, 7) is 0. The first-order chi connectivity index (χ1) is 6.20.